The smallest absolute Gasteiger partial charge is 0.227 e. The van der Waals surface area contributed by atoms with Crippen LogP contribution in [0, 0.1) is 5.92 Å². The SMILES string of the molecule is O=C1CCC(C(=O)Nc2cc(Cl)ccc2Cl)CC1. The molecule has 0 radical (unpaired) electrons. The van der Waals surface area contributed by atoms with Gasteiger partial charge in [0, 0.05) is 23.8 Å². The second-order valence-electron chi connectivity index (χ2n) is 4.43. The first-order valence-electron chi connectivity index (χ1n) is 5.84. The van der Waals surface area contributed by atoms with Crippen molar-refractivity contribution < 1.29 is 9.59 Å². The predicted octanol–water partition coefficient (Wildman–Crippen LogP) is 3.69. The third-order valence-electron chi connectivity index (χ3n) is 3.10. The zero-order valence-corrected chi connectivity index (χ0v) is 11.2. The van der Waals surface area contributed by atoms with Gasteiger partial charge in [-0.25, -0.2) is 0 Å². The minimum absolute atomic E-state index is 0.0910. The molecule has 0 heterocycles. The lowest BCUT2D eigenvalue weighted by Crippen LogP contribution is -2.27. The van der Waals surface area contributed by atoms with Crippen molar-refractivity contribution >= 4 is 40.6 Å². The summed E-state index contributed by atoms with van der Waals surface area (Å²) in [6, 6.07) is 4.93. The molecular weight excluding hydrogens is 273 g/mol. The van der Waals surface area contributed by atoms with Gasteiger partial charge in [-0.05, 0) is 31.0 Å². The van der Waals surface area contributed by atoms with E-state index in [4.69, 9.17) is 23.2 Å². The molecule has 3 nitrogen and oxygen atoms in total. The summed E-state index contributed by atoms with van der Waals surface area (Å²) in [6.45, 7) is 0. The zero-order chi connectivity index (χ0) is 13.1. The molecule has 1 amide bonds. The number of benzene rings is 1. The number of halogens is 2. The van der Waals surface area contributed by atoms with Gasteiger partial charge in [0.1, 0.15) is 5.78 Å². The Morgan fingerprint density at radius 3 is 2.56 bits per heavy atom. The van der Waals surface area contributed by atoms with Crippen LogP contribution in [-0.2, 0) is 9.59 Å². The Morgan fingerprint density at radius 1 is 1.22 bits per heavy atom. The highest BCUT2D eigenvalue weighted by Crippen LogP contribution is 2.28. The monoisotopic (exact) mass is 285 g/mol. The van der Waals surface area contributed by atoms with Crippen LogP contribution < -0.4 is 5.32 Å². The van der Waals surface area contributed by atoms with Gasteiger partial charge >= 0.3 is 0 Å². The van der Waals surface area contributed by atoms with E-state index in [0.717, 1.165) is 0 Å². The molecule has 0 atom stereocenters. The van der Waals surface area contributed by atoms with Crippen LogP contribution in [0.5, 0.6) is 0 Å². The number of nitrogens with one attached hydrogen (secondary N) is 1. The van der Waals surface area contributed by atoms with Crippen LogP contribution in [0.15, 0.2) is 18.2 Å². The van der Waals surface area contributed by atoms with Crippen LogP contribution in [0.1, 0.15) is 25.7 Å². The molecular formula is C13H13Cl2NO2. The van der Waals surface area contributed by atoms with E-state index < -0.39 is 0 Å². The fourth-order valence-corrected chi connectivity index (χ4v) is 2.37. The van der Waals surface area contributed by atoms with Crippen LogP contribution in [0.4, 0.5) is 5.69 Å². The fraction of sp³-hybridized carbons (Fsp3) is 0.385. The molecule has 1 saturated carbocycles. The van der Waals surface area contributed by atoms with Gasteiger partial charge in [-0.3, -0.25) is 9.59 Å². The Hall–Kier alpha value is -1.06. The molecule has 5 heteroatoms. The average molecular weight is 286 g/mol. The normalized spacial score (nSPS) is 16.7. The minimum atomic E-state index is -0.113. The number of rotatable bonds is 2. The quantitative estimate of drug-likeness (QED) is 0.901. The molecule has 2 rings (SSSR count). The maximum absolute atomic E-state index is 12.0. The van der Waals surface area contributed by atoms with Gasteiger partial charge < -0.3 is 5.32 Å². The highest BCUT2D eigenvalue weighted by atomic mass is 35.5. The van der Waals surface area contributed by atoms with E-state index in [-0.39, 0.29) is 17.6 Å². The van der Waals surface area contributed by atoms with Crippen LogP contribution in [-0.4, -0.2) is 11.7 Å². The van der Waals surface area contributed by atoms with Gasteiger partial charge in [0.25, 0.3) is 0 Å². The summed E-state index contributed by atoms with van der Waals surface area (Å²) in [5.41, 5.74) is 0.520. The summed E-state index contributed by atoms with van der Waals surface area (Å²) >= 11 is 11.8. The maximum atomic E-state index is 12.0. The molecule has 0 spiro atoms. The Morgan fingerprint density at radius 2 is 1.89 bits per heavy atom. The number of anilines is 1. The Bertz CT molecular complexity index is 478. The lowest BCUT2D eigenvalue weighted by atomic mass is 9.88. The largest absolute Gasteiger partial charge is 0.324 e. The van der Waals surface area contributed by atoms with Crippen molar-refractivity contribution in [1.29, 1.82) is 0 Å². The molecule has 1 fully saturated rings. The van der Waals surface area contributed by atoms with E-state index in [1.807, 2.05) is 0 Å². The zero-order valence-electron chi connectivity index (χ0n) is 9.71. The van der Waals surface area contributed by atoms with E-state index >= 15 is 0 Å². The second kappa shape index (κ2) is 5.72. The molecule has 1 aromatic carbocycles. The molecule has 18 heavy (non-hydrogen) atoms. The van der Waals surface area contributed by atoms with Gasteiger partial charge in [-0.15, -0.1) is 0 Å². The van der Waals surface area contributed by atoms with E-state index in [1.54, 1.807) is 18.2 Å². The van der Waals surface area contributed by atoms with Gasteiger partial charge in [0.15, 0.2) is 0 Å². The number of carbonyl (C=O) groups excluding carboxylic acids is 2. The average Bonchev–Trinajstić information content (AvgIpc) is 2.34. The second-order valence-corrected chi connectivity index (χ2v) is 5.27. The molecule has 0 aliphatic heterocycles. The van der Waals surface area contributed by atoms with Crippen molar-refractivity contribution in [3.05, 3.63) is 28.2 Å². The summed E-state index contributed by atoms with van der Waals surface area (Å²) in [4.78, 5) is 23.1. The molecule has 96 valence electrons. The van der Waals surface area contributed by atoms with Crippen molar-refractivity contribution in [1.82, 2.24) is 0 Å². The van der Waals surface area contributed by atoms with Crippen molar-refractivity contribution in [3.63, 3.8) is 0 Å². The standard InChI is InChI=1S/C13H13Cl2NO2/c14-9-3-6-11(15)12(7-9)16-13(18)8-1-4-10(17)5-2-8/h3,6-8H,1-2,4-5H2,(H,16,18). The molecule has 0 unspecified atom stereocenters. The number of amides is 1. The summed E-state index contributed by atoms with van der Waals surface area (Å²) < 4.78 is 0. The third kappa shape index (κ3) is 3.24. The third-order valence-corrected chi connectivity index (χ3v) is 3.67. The van der Waals surface area contributed by atoms with Gasteiger partial charge in [0.05, 0.1) is 10.7 Å². The summed E-state index contributed by atoms with van der Waals surface area (Å²) in [5.74, 6) is 0.0317. The van der Waals surface area contributed by atoms with Gasteiger partial charge in [-0.2, -0.15) is 0 Å². The van der Waals surface area contributed by atoms with E-state index in [0.29, 0.717) is 41.4 Å². The van der Waals surface area contributed by atoms with E-state index in [2.05, 4.69) is 5.32 Å². The molecule has 1 N–H and O–H groups in total. The Kier molecular flexibility index (Phi) is 4.25. The number of Topliss-reactive ketones (excluding diaryl/α,β-unsaturated/α-hetero) is 1. The predicted molar refractivity (Wildman–Crippen MR) is 72.1 cm³/mol. The first-order valence-corrected chi connectivity index (χ1v) is 6.59. The lowest BCUT2D eigenvalue weighted by Gasteiger charge is -2.20. The van der Waals surface area contributed by atoms with Crippen molar-refractivity contribution in [2.24, 2.45) is 5.92 Å². The van der Waals surface area contributed by atoms with Crippen LogP contribution in [0.2, 0.25) is 10.0 Å². The minimum Gasteiger partial charge on any atom is -0.324 e. The molecule has 0 bridgehead atoms. The van der Waals surface area contributed by atoms with E-state index in [1.165, 1.54) is 0 Å². The lowest BCUT2D eigenvalue weighted by molar-refractivity contribution is -0.125. The number of hydrogen-bond donors (Lipinski definition) is 1. The van der Waals surface area contributed by atoms with Crippen molar-refractivity contribution in [2.75, 3.05) is 5.32 Å². The molecule has 0 saturated heterocycles. The molecule has 1 aliphatic rings. The van der Waals surface area contributed by atoms with Crippen LogP contribution >= 0.6 is 23.2 Å². The summed E-state index contributed by atoms with van der Waals surface area (Å²) in [5, 5.41) is 3.75. The van der Waals surface area contributed by atoms with E-state index in [9.17, 15) is 9.59 Å². The van der Waals surface area contributed by atoms with Crippen molar-refractivity contribution in [2.45, 2.75) is 25.7 Å². The van der Waals surface area contributed by atoms with Gasteiger partial charge in [0.2, 0.25) is 5.91 Å². The highest BCUT2D eigenvalue weighted by Gasteiger charge is 2.25. The van der Waals surface area contributed by atoms with Crippen molar-refractivity contribution in [3.8, 4) is 0 Å². The van der Waals surface area contributed by atoms with Crippen LogP contribution in [0.25, 0.3) is 0 Å². The Balaban J connectivity index is 2.02. The maximum Gasteiger partial charge on any atom is 0.227 e. The number of carbonyl (C=O) groups is 2. The Labute approximate surface area is 115 Å². The topological polar surface area (TPSA) is 46.2 Å². The summed E-state index contributed by atoms with van der Waals surface area (Å²) in [7, 11) is 0. The molecule has 1 aliphatic carbocycles. The van der Waals surface area contributed by atoms with Gasteiger partial charge in [-0.1, -0.05) is 23.2 Å². The fourth-order valence-electron chi connectivity index (χ4n) is 2.03. The first-order chi connectivity index (χ1) is 8.56. The number of hydrogen-bond acceptors (Lipinski definition) is 2. The first kappa shape index (κ1) is 13.4. The number of ketones is 1. The molecule has 1 aromatic rings. The summed E-state index contributed by atoms with van der Waals surface area (Å²) in [6.07, 6.45) is 2.20. The van der Waals surface area contributed by atoms with Crippen LogP contribution in [0.3, 0.4) is 0 Å². The highest BCUT2D eigenvalue weighted by molar-refractivity contribution is 6.35. The molecule has 0 aromatic heterocycles.